The quantitative estimate of drug-likeness (QED) is 0.799. The van der Waals surface area contributed by atoms with Crippen molar-refractivity contribution in [2.24, 2.45) is 5.73 Å². The predicted octanol–water partition coefficient (Wildman–Crippen LogP) is 3.15. The lowest BCUT2D eigenvalue weighted by Crippen LogP contribution is -1.95. The van der Waals surface area contributed by atoms with Gasteiger partial charge in [-0.2, -0.15) is 0 Å². The number of hydrogen-bond donors (Lipinski definition) is 1. The minimum absolute atomic E-state index is 0.694. The van der Waals surface area contributed by atoms with Crippen LogP contribution in [0.5, 0.6) is 0 Å². The lowest BCUT2D eigenvalue weighted by atomic mass is 10.1. The molecule has 1 rings (SSSR count). The maximum absolute atomic E-state index is 5.96. The van der Waals surface area contributed by atoms with Gasteiger partial charge in [-0.3, -0.25) is 0 Å². The molecular weight excluding hydrogens is 190 g/mol. The van der Waals surface area contributed by atoms with Gasteiger partial charge in [-0.1, -0.05) is 17.7 Å². The van der Waals surface area contributed by atoms with Gasteiger partial charge in [-0.25, -0.2) is 0 Å². The van der Waals surface area contributed by atoms with Crippen LogP contribution in [0.2, 0.25) is 4.34 Å². The molecule has 0 bridgehead atoms. The van der Waals surface area contributed by atoms with Crippen LogP contribution in [0.25, 0.3) is 5.57 Å². The summed E-state index contributed by atoms with van der Waals surface area (Å²) in [7, 11) is 0. The van der Waals surface area contributed by atoms with Crippen LogP contribution in [0.4, 0.5) is 0 Å². The van der Waals surface area contributed by atoms with Crippen molar-refractivity contribution < 1.29 is 0 Å². The lowest BCUT2D eigenvalue weighted by Gasteiger charge is -1.97. The van der Waals surface area contributed by atoms with Crippen LogP contribution in [0.3, 0.4) is 0 Å². The maximum Gasteiger partial charge on any atom is 0.100 e. The van der Waals surface area contributed by atoms with Gasteiger partial charge in [-0.15, -0.1) is 11.3 Å². The second-order valence-electron chi connectivity index (χ2n) is 2.57. The topological polar surface area (TPSA) is 26.0 Å². The Kier molecular flexibility index (Phi) is 3.79. The molecule has 0 spiro atoms. The standard InChI is InChI=1S/C9H12ClNS/c1-7(3-2-5-11)8-4-6-12-9(8)10/h3-4,6H,2,5,11H2,1H3/b7-3-. The number of halogens is 1. The third-order valence-corrected chi connectivity index (χ3v) is 2.83. The van der Waals surface area contributed by atoms with Crippen LogP contribution in [0, 0.1) is 0 Å². The van der Waals surface area contributed by atoms with E-state index >= 15 is 0 Å². The first-order chi connectivity index (χ1) is 5.75. The number of allylic oxidation sites excluding steroid dienone is 1. The van der Waals surface area contributed by atoms with Crippen molar-refractivity contribution in [1.29, 1.82) is 0 Å². The molecule has 2 N–H and O–H groups in total. The smallest absolute Gasteiger partial charge is 0.100 e. The summed E-state index contributed by atoms with van der Waals surface area (Å²) in [6.07, 6.45) is 3.03. The van der Waals surface area contributed by atoms with Crippen molar-refractivity contribution in [3.8, 4) is 0 Å². The van der Waals surface area contributed by atoms with E-state index < -0.39 is 0 Å². The van der Waals surface area contributed by atoms with Crippen molar-refractivity contribution in [3.63, 3.8) is 0 Å². The van der Waals surface area contributed by atoms with E-state index in [1.54, 1.807) is 11.3 Å². The number of hydrogen-bond acceptors (Lipinski definition) is 2. The molecule has 0 aromatic carbocycles. The second-order valence-corrected chi connectivity index (χ2v) is 4.09. The van der Waals surface area contributed by atoms with Crippen molar-refractivity contribution in [3.05, 3.63) is 27.4 Å². The van der Waals surface area contributed by atoms with E-state index in [1.807, 2.05) is 11.4 Å². The SMILES string of the molecule is C/C(=C/CCN)c1ccsc1Cl. The molecule has 0 radical (unpaired) electrons. The molecule has 0 aliphatic heterocycles. The maximum atomic E-state index is 5.96. The Hall–Kier alpha value is -0.310. The van der Waals surface area contributed by atoms with Crippen molar-refractivity contribution in [2.45, 2.75) is 13.3 Å². The van der Waals surface area contributed by atoms with Gasteiger partial charge in [0.1, 0.15) is 4.34 Å². The third-order valence-electron chi connectivity index (χ3n) is 1.66. The van der Waals surface area contributed by atoms with Gasteiger partial charge >= 0.3 is 0 Å². The Morgan fingerprint density at radius 2 is 2.50 bits per heavy atom. The minimum atomic E-state index is 0.694. The van der Waals surface area contributed by atoms with Crippen LogP contribution in [0.15, 0.2) is 17.5 Å². The van der Waals surface area contributed by atoms with Crippen molar-refractivity contribution >= 4 is 28.5 Å². The van der Waals surface area contributed by atoms with Crippen LogP contribution in [-0.4, -0.2) is 6.54 Å². The summed E-state index contributed by atoms with van der Waals surface area (Å²) in [6, 6.07) is 2.04. The molecule has 1 nitrogen and oxygen atoms in total. The molecule has 0 amide bonds. The summed E-state index contributed by atoms with van der Waals surface area (Å²) >= 11 is 7.52. The molecular formula is C9H12ClNS. The predicted molar refractivity (Wildman–Crippen MR) is 56.7 cm³/mol. The van der Waals surface area contributed by atoms with E-state index in [1.165, 1.54) is 5.57 Å². The number of thiophene rings is 1. The fourth-order valence-corrected chi connectivity index (χ4v) is 2.03. The minimum Gasteiger partial charge on any atom is -0.330 e. The summed E-state index contributed by atoms with van der Waals surface area (Å²) < 4.78 is 0.862. The molecule has 0 aliphatic rings. The zero-order valence-electron chi connectivity index (χ0n) is 7.01. The van der Waals surface area contributed by atoms with Gasteiger partial charge in [0.25, 0.3) is 0 Å². The second kappa shape index (κ2) is 4.65. The van der Waals surface area contributed by atoms with Crippen LogP contribution in [0.1, 0.15) is 18.9 Å². The van der Waals surface area contributed by atoms with Crippen molar-refractivity contribution in [2.75, 3.05) is 6.54 Å². The summed E-state index contributed by atoms with van der Waals surface area (Å²) in [4.78, 5) is 0. The van der Waals surface area contributed by atoms with Crippen LogP contribution < -0.4 is 5.73 Å². The molecule has 0 atom stereocenters. The molecule has 0 fully saturated rings. The molecule has 66 valence electrons. The summed E-state index contributed by atoms with van der Waals surface area (Å²) in [5.41, 5.74) is 7.74. The first kappa shape index (κ1) is 9.78. The molecule has 3 heteroatoms. The van der Waals surface area contributed by atoms with Gasteiger partial charge in [-0.05, 0) is 36.9 Å². The Bertz CT molecular complexity index is 278. The van der Waals surface area contributed by atoms with E-state index in [-0.39, 0.29) is 0 Å². The average molecular weight is 202 g/mol. The fraction of sp³-hybridized carbons (Fsp3) is 0.333. The van der Waals surface area contributed by atoms with Crippen molar-refractivity contribution in [1.82, 2.24) is 0 Å². The van der Waals surface area contributed by atoms with Gasteiger partial charge in [0, 0.05) is 5.56 Å². The van der Waals surface area contributed by atoms with E-state index in [2.05, 4.69) is 13.0 Å². The number of nitrogens with two attached hydrogens (primary N) is 1. The van der Waals surface area contributed by atoms with E-state index in [4.69, 9.17) is 17.3 Å². The average Bonchev–Trinajstić information content (AvgIpc) is 2.47. The highest BCUT2D eigenvalue weighted by molar-refractivity contribution is 7.14. The first-order valence-corrected chi connectivity index (χ1v) is 5.11. The van der Waals surface area contributed by atoms with Gasteiger partial charge in [0.2, 0.25) is 0 Å². The molecule has 0 aliphatic carbocycles. The zero-order valence-corrected chi connectivity index (χ0v) is 8.58. The van der Waals surface area contributed by atoms with Crippen LogP contribution >= 0.6 is 22.9 Å². The highest BCUT2D eigenvalue weighted by Crippen LogP contribution is 2.28. The monoisotopic (exact) mass is 201 g/mol. The summed E-state index contributed by atoms with van der Waals surface area (Å²) in [6.45, 7) is 2.75. The van der Waals surface area contributed by atoms with E-state index in [9.17, 15) is 0 Å². The third kappa shape index (κ3) is 2.34. The van der Waals surface area contributed by atoms with Gasteiger partial charge < -0.3 is 5.73 Å². The zero-order chi connectivity index (χ0) is 8.97. The summed E-state index contributed by atoms with van der Waals surface area (Å²) in [5.74, 6) is 0. The summed E-state index contributed by atoms with van der Waals surface area (Å²) in [5, 5.41) is 2.00. The Balaban J connectivity index is 2.77. The molecule has 1 heterocycles. The van der Waals surface area contributed by atoms with Gasteiger partial charge in [0.15, 0.2) is 0 Å². The number of rotatable bonds is 3. The van der Waals surface area contributed by atoms with Gasteiger partial charge in [0.05, 0.1) is 0 Å². The first-order valence-electron chi connectivity index (χ1n) is 3.86. The van der Waals surface area contributed by atoms with E-state index in [0.717, 1.165) is 16.3 Å². The normalized spacial score (nSPS) is 12.1. The highest BCUT2D eigenvalue weighted by atomic mass is 35.5. The molecule has 12 heavy (non-hydrogen) atoms. The lowest BCUT2D eigenvalue weighted by molar-refractivity contribution is 1.01. The van der Waals surface area contributed by atoms with E-state index in [0.29, 0.717) is 6.54 Å². The molecule has 0 saturated heterocycles. The van der Waals surface area contributed by atoms with Crippen LogP contribution in [-0.2, 0) is 0 Å². The fourth-order valence-electron chi connectivity index (χ4n) is 0.987. The molecule has 1 aromatic rings. The largest absolute Gasteiger partial charge is 0.330 e. The molecule has 0 saturated carbocycles. The Labute approximate surface area is 81.9 Å². The Morgan fingerprint density at radius 1 is 1.75 bits per heavy atom. The molecule has 0 unspecified atom stereocenters. The highest BCUT2D eigenvalue weighted by Gasteiger charge is 2.01. The Morgan fingerprint density at radius 3 is 3.00 bits per heavy atom. The molecule has 1 aromatic heterocycles.